The lowest BCUT2D eigenvalue weighted by Crippen LogP contribution is -2.06. The molecule has 4 heteroatoms. The third kappa shape index (κ3) is 3.80. The highest BCUT2D eigenvalue weighted by Crippen LogP contribution is 2.14. The first kappa shape index (κ1) is 13.5. The molecule has 1 rings (SSSR count). The molecular weight excluding hydrogens is 230 g/mol. The molecule has 0 aliphatic rings. The van der Waals surface area contributed by atoms with Gasteiger partial charge in [0.05, 0.1) is 7.11 Å². The molecule has 0 amide bonds. The van der Waals surface area contributed by atoms with Gasteiger partial charge in [0.2, 0.25) is 0 Å². The third-order valence-electron chi connectivity index (χ3n) is 2.10. The number of benzene rings is 1. The number of hydrogen-bond acceptors (Lipinski definition) is 4. The second-order valence-corrected chi connectivity index (χ2v) is 3.33. The number of carbonyl (C=O) groups excluding carboxylic acids is 1. The number of nitriles is 1. The Morgan fingerprint density at radius 1 is 1.44 bits per heavy atom. The van der Waals surface area contributed by atoms with Gasteiger partial charge in [-0.3, -0.25) is 0 Å². The summed E-state index contributed by atoms with van der Waals surface area (Å²) in [5.74, 6) is 0.0492. The lowest BCUT2D eigenvalue weighted by Gasteiger charge is -2.01. The van der Waals surface area contributed by atoms with E-state index in [1.807, 2.05) is 6.07 Å². The number of hydrogen-bond donors (Lipinski definition) is 0. The summed E-state index contributed by atoms with van der Waals surface area (Å²) in [6.07, 6.45) is 2.91. The highest BCUT2D eigenvalue weighted by molar-refractivity contribution is 5.97. The van der Waals surface area contributed by atoms with E-state index < -0.39 is 5.97 Å². The smallest absolute Gasteiger partial charge is 0.349 e. The zero-order valence-corrected chi connectivity index (χ0v) is 10.1. The Balaban J connectivity index is 2.86. The van der Waals surface area contributed by atoms with Gasteiger partial charge in [0.25, 0.3) is 0 Å². The Labute approximate surface area is 106 Å². The van der Waals surface area contributed by atoms with E-state index in [1.54, 1.807) is 31.4 Å². The van der Waals surface area contributed by atoms with Crippen molar-refractivity contribution in [3.05, 3.63) is 48.1 Å². The minimum atomic E-state index is -0.659. The molecule has 0 saturated carbocycles. The highest BCUT2D eigenvalue weighted by atomic mass is 16.5. The van der Waals surface area contributed by atoms with E-state index >= 15 is 0 Å². The van der Waals surface area contributed by atoms with Crippen molar-refractivity contribution >= 4 is 12.0 Å². The van der Waals surface area contributed by atoms with Gasteiger partial charge in [-0.25, -0.2) is 4.79 Å². The standard InChI is InChI=1S/C14H13NO3/c1-3-8-18-14(16)12(10-15)9-11-4-6-13(17-2)7-5-11/h3-7,9H,1,8H2,2H3. The van der Waals surface area contributed by atoms with E-state index in [0.717, 1.165) is 5.56 Å². The van der Waals surface area contributed by atoms with Crippen molar-refractivity contribution in [3.63, 3.8) is 0 Å². The van der Waals surface area contributed by atoms with Crippen LogP contribution in [-0.4, -0.2) is 19.7 Å². The molecule has 92 valence electrons. The first-order valence-electron chi connectivity index (χ1n) is 5.25. The monoisotopic (exact) mass is 243 g/mol. The van der Waals surface area contributed by atoms with E-state index in [9.17, 15) is 4.79 Å². The van der Waals surface area contributed by atoms with Crippen LogP contribution in [0, 0.1) is 11.3 Å². The van der Waals surface area contributed by atoms with Gasteiger partial charge >= 0.3 is 5.97 Å². The summed E-state index contributed by atoms with van der Waals surface area (Å²) in [6.45, 7) is 3.51. The Hall–Kier alpha value is -2.54. The molecule has 0 radical (unpaired) electrons. The maximum Gasteiger partial charge on any atom is 0.349 e. The van der Waals surface area contributed by atoms with Gasteiger partial charge in [0.1, 0.15) is 24.0 Å². The largest absolute Gasteiger partial charge is 0.497 e. The second-order valence-electron chi connectivity index (χ2n) is 3.33. The van der Waals surface area contributed by atoms with Crippen LogP contribution in [0.4, 0.5) is 0 Å². The van der Waals surface area contributed by atoms with Crippen molar-refractivity contribution in [1.82, 2.24) is 0 Å². The van der Waals surface area contributed by atoms with Gasteiger partial charge < -0.3 is 9.47 Å². The van der Waals surface area contributed by atoms with E-state index in [2.05, 4.69) is 6.58 Å². The molecule has 0 N–H and O–H groups in total. The fraction of sp³-hybridized carbons (Fsp3) is 0.143. The van der Waals surface area contributed by atoms with E-state index in [-0.39, 0.29) is 12.2 Å². The topological polar surface area (TPSA) is 59.3 Å². The van der Waals surface area contributed by atoms with Gasteiger partial charge in [-0.1, -0.05) is 24.8 Å². The zero-order chi connectivity index (χ0) is 13.4. The fourth-order valence-electron chi connectivity index (χ4n) is 1.22. The van der Waals surface area contributed by atoms with Crippen LogP contribution in [0.25, 0.3) is 6.08 Å². The van der Waals surface area contributed by atoms with Gasteiger partial charge in [-0.05, 0) is 23.8 Å². The molecule has 1 aromatic carbocycles. The molecule has 18 heavy (non-hydrogen) atoms. The summed E-state index contributed by atoms with van der Waals surface area (Å²) in [6, 6.07) is 8.79. The van der Waals surface area contributed by atoms with Crippen LogP contribution in [-0.2, 0) is 9.53 Å². The lowest BCUT2D eigenvalue weighted by atomic mass is 10.1. The van der Waals surface area contributed by atoms with Gasteiger partial charge in [-0.15, -0.1) is 0 Å². The number of ether oxygens (including phenoxy) is 2. The number of esters is 1. The molecule has 0 spiro atoms. The van der Waals surface area contributed by atoms with Crippen LogP contribution in [0.3, 0.4) is 0 Å². The van der Waals surface area contributed by atoms with Crippen LogP contribution >= 0.6 is 0 Å². The molecule has 0 aliphatic heterocycles. The van der Waals surface area contributed by atoms with Crippen molar-refractivity contribution in [2.75, 3.05) is 13.7 Å². The minimum Gasteiger partial charge on any atom is -0.497 e. The Kier molecular flexibility index (Phi) is 5.20. The average molecular weight is 243 g/mol. The first-order valence-corrected chi connectivity index (χ1v) is 5.25. The van der Waals surface area contributed by atoms with Crippen molar-refractivity contribution in [3.8, 4) is 11.8 Å². The predicted molar refractivity (Wildman–Crippen MR) is 67.7 cm³/mol. The van der Waals surface area contributed by atoms with Crippen molar-refractivity contribution < 1.29 is 14.3 Å². The second kappa shape index (κ2) is 6.92. The van der Waals surface area contributed by atoms with Crippen LogP contribution in [0.2, 0.25) is 0 Å². The average Bonchev–Trinajstić information content (AvgIpc) is 2.42. The van der Waals surface area contributed by atoms with Gasteiger partial charge in [0.15, 0.2) is 0 Å². The molecule has 0 aliphatic carbocycles. The molecule has 0 bridgehead atoms. The first-order chi connectivity index (χ1) is 8.71. The zero-order valence-electron chi connectivity index (χ0n) is 10.1. The predicted octanol–water partition coefficient (Wildman–Crippen LogP) is 2.33. The molecule has 1 aromatic rings. The van der Waals surface area contributed by atoms with Crippen LogP contribution in [0.1, 0.15) is 5.56 Å². The molecule has 0 saturated heterocycles. The Morgan fingerprint density at radius 3 is 2.61 bits per heavy atom. The van der Waals surface area contributed by atoms with E-state index in [4.69, 9.17) is 14.7 Å². The Morgan fingerprint density at radius 2 is 2.11 bits per heavy atom. The fourth-order valence-corrected chi connectivity index (χ4v) is 1.22. The maximum atomic E-state index is 11.5. The molecule has 0 fully saturated rings. The van der Waals surface area contributed by atoms with Crippen molar-refractivity contribution in [1.29, 1.82) is 5.26 Å². The summed E-state index contributed by atoms with van der Waals surface area (Å²) < 4.78 is 9.80. The summed E-state index contributed by atoms with van der Waals surface area (Å²) in [7, 11) is 1.57. The minimum absolute atomic E-state index is 0.0537. The summed E-state index contributed by atoms with van der Waals surface area (Å²) >= 11 is 0. The SMILES string of the molecule is C=CCOC(=O)C(C#N)=Cc1ccc(OC)cc1. The highest BCUT2D eigenvalue weighted by Gasteiger charge is 2.09. The van der Waals surface area contributed by atoms with Crippen LogP contribution in [0.5, 0.6) is 5.75 Å². The third-order valence-corrected chi connectivity index (χ3v) is 2.10. The number of rotatable bonds is 5. The molecule has 0 aromatic heterocycles. The van der Waals surface area contributed by atoms with E-state index in [1.165, 1.54) is 12.2 Å². The number of nitrogens with zero attached hydrogens (tertiary/aromatic N) is 1. The van der Waals surface area contributed by atoms with Crippen LogP contribution < -0.4 is 4.74 Å². The van der Waals surface area contributed by atoms with Crippen LogP contribution in [0.15, 0.2) is 42.5 Å². The van der Waals surface area contributed by atoms with Gasteiger partial charge in [0, 0.05) is 0 Å². The normalized spacial score (nSPS) is 10.3. The molecule has 4 nitrogen and oxygen atoms in total. The summed E-state index contributed by atoms with van der Waals surface area (Å²) in [4.78, 5) is 11.5. The van der Waals surface area contributed by atoms with Crippen molar-refractivity contribution in [2.45, 2.75) is 0 Å². The molecular formula is C14H13NO3. The maximum absolute atomic E-state index is 11.5. The number of carbonyl (C=O) groups is 1. The van der Waals surface area contributed by atoms with Crippen molar-refractivity contribution in [2.24, 2.45) is 0 Å². The summed E-state index contributed by atoms with van der Waals surface area (Å²) in [5.41, 5.74) is 0.671. The van der Waals surface area contributed by atoms with Gasteiger partial charge in [-0.2, -0.15) is 5.26 Å². The Bertz CT molecular complexity index is 495. The molecule has 0 atom stereocenters. The molecule has 0 heterocycles. The quantitative estimate of drug-likeness (QED) is 0.344. The lowest BCUT2D eigenvalue weighted by molar-refractivity contribution is -0.137. The number of methoxy groups -OCH3 is 1. The van der Waals surface area contributed by atoms with E-state index in [0.29, 0.717) is 5.75 Å². The summed E-state index contributed by atoms with van der Waals surface area (Å²) in [5, 5.41) is 8.89. The molecule has 0 unspecified atom stereocenters.